The van der Waals surface area contributed by atoms with E-state index in [1.807, 2.05) is 0 Å². The van der Waals surface area contributed by atoms with Crippen molar-refractivity contribution in [3.05, 3.63) is 0 Å². The van der Waals surface area contributed by atoms with Crippen molar-refractivity contribution >= 4 is 20.4 Å². The first-order valence-corrected chi connectivity index (χ1v) is 3.56. The largest absolute Gasteiger partial charge is 0.349 e. The van der Waals surface area contributed by atoms with Crippen LogP contribution in [0.4, 0.5) is 0 Å². The Morgan fingerprint density at radius 2 is 2.00 bits per heavy atom. The monoisotopic (exact) mass is 128 g/mol. The second-order valence-corrected chi connectivity index (χ2v) is 2.67. The fourth-order valence-corrected chi connectivity index (χ4v) is 0.465. The Labute approximate surface area is 41.1 Å². The molecule has 0 spiro atoms. The average Bonchev–Trinajstić information content (AvgIpc) is 1.35. The van der Waals surface area contributed by atoms with E-state index >= 15 is 0 Å². The molecule has 0 aromatic rings. The van der Waals surface area contributed by atoms with Gasteiger partial charge in [0.25, 0.3) is 0 Å². The van der Waals surface area contributed by atoms with Crippen LogP contribution in [-0.4, -0.2) is 19.8 Å². The van der Waals surface area contributed by atoms with Gasteiger partial charge in [-0.15, -0.1) is 0 Å². The Hall–Kier alpha value is 0.660. The summed E-state index contributed by atoms with van der Waals surface area (Å²) in [4.78, 5) is 16.0. The highest BCUT2D eigenvalue weighted by molar-refractivity contribution is 7.98. The molecule has 0 unspecified atom stereocenters. The van der Waals surface area contributed by atoms with E-state index in [1.54, 1.807) is 0 Å². The molecule has 0 bridgehead atoms. The van der Waals surface area contributed by atoms with Crippen molar-refractivity contribution in [2.24, 2.45) is 0 Å². The molecule has 0 saturated heterocycles. The molecule has 0 aliphatic heterocycles. The van der Waals surface area contributed by atoms with Crippen LogP contribution in [0.2, 0.25) is 0 Å². The summed E-state index contributed by atoms with van der Waals surface area (Å²) in [5.41, 5.74) is 0.0231. The van der Waals surface area contributed by atoms with Crippen molar-refractivity contribution in [1.29, 1.82) is 0 Å². The molecule has 3 N–H and O–H groups in total. The van der Waals surface area contributed by atoms with E-state index in [4.69, 9.17) is 14.3 Å². The minimum atomic E-state index is -1.89. The summed E-state index contributed by atoms with van der Waals surface area (Å²) in [6, 6.07) is 0. The molecule has 0 fully saturated rings. The van der Waals surface area contributed by atoms with Crippen LogP contribution in [0, 0.1) is 0 Å². The van der Waals surface area contributed by atoms with Crippen molar-refractivity contribution in [2.75, 3.05) is 5.49 Å². The van der Waals surface area contributed by atoms with Crippen molar-refractivity contribution in [3.63, 3.8) is 0 Å². The van der Waals surface area contributed by atoms with Gasteiger partial charge in [0.05, 0.1) is 5.49 Å². The minimum absolute atomic E-state index is 0.0231. The highest BCUT2D eigenvalue weighted by atomic mass is 32.2. The van der Waals surface area contributed by atoms with Crippen LogP contribution in [0.3, 0.4) is 0 Å². The third kappa shape index (κ3) is 4.66. The fraction of sp³-hybridized carbons (Fsp3) is 1.00. The molecule has 0 heterocycles. The summed E-state index contributed by atoms with van der Waals surface area (Å²) in [6.07, 6.45) is 0. The van der Waals surface area contributed by atoms with Crippen LogP contribution in [0.5, 0.6) is 0 Å². The summed E-state index contributed by atoms with van der Waals surface area (Å²) in [7, 11) is -1.89. The van der Waals surface area contributed by atoms with Crippen LogP contribution < -0.4 is 0 Å². The molecular formula is CH5O3PS. The van der Waals surface area contributed by atoms with E-state index in [1.165, 1.54) is 0 Å². The minimum Gasteiger partial charge on any atom is -0.349 e. The summed E-state index contributed by atoms with van der Waals surface area (Å²) in [6.45, 7) is 0. The van der Waals surface area contributed by atoms with Crippen LogP contribution in [0.1, 0.15) is 0 Å². The van der Waals surface area contributed by atoms with Gasteiger partial charge < -0.3 is 14.3 Å². The molecule has 0 rings (SSSR count). The Morgan fingerprint density at radius 3 is 2.00 bits per heavy atom. The standard InChI is InChI=1S/CH5O3PS/c2-5(3)1-6-4/h2-4H,1H2. The zero-order valence-electron chi connectivity index (χ0n) is 2.90. The zero-order chi connectivity index (χ0) is 4.99. The first-order chi connectivity index (χ1) is 2.77. The molecule has 3 nitrogen and oxygen atoms in total. The lowest BCUT2D eigenvalue weighted by atomic mass is 11.9. The Balaban J connectivity index is 2.63. The third-order valence-corrected chi connectivity index (χ3v) is 1.56. The van der Waals surface area contributed by atoms with E-state index in [-0.39, 0.29) is 5.49 Å². The maximum Gasteiger partial charge on any atom is 0.178 e. The van der Waals surface area contributed by atoms with E-state index in [2.05, 4.69) is 0 Å². The van der Waals surface area contributed by atoms with E-state index in [9.17, 15) is 0 Å². The molecule has 0 aromatic heterocycles. The predicted molar refractivity (Wildman–Crippen MR) is 26.4 cm³/mol. The van der Waals surface area contributed by atoms with Gasteiger partial charge in [0.2, 0.25) is 0 Å². The SMILES string of the molecule is OSCP(O)O. The Kier molecular flexibility index (Phi) is 4.26. The lowest BCUT2D eigenvalue weighted by Crippen LogP contribution is -1.69. The van der Waals surface area contributed by atoms with E-state index in [0.29, 0.717) is 12.0 Å². The zero-order valence-corrected chi connectivity index (χ0v) is 4.62. The summed E-state index contributed by atoms with van der Waals surface area (Å²) >= 11 is 0.439. The second kappa shape index (κ2) is 3.84. The van der Waals surface area contributed by atoms with Crippen molar-refractivity contribution in [2.45, 2.75) is 0 Å². The first-order valence-electron chi connectivity index (χ1n) is 1.19. The van der Waals surface area contributed by atoms with Crippen LogP contribution in [0.25, 0.3) is 0 Å². The molecule has 0 aromatic carbocycles. The molecular weight excluding hydrogens is 123 g/mol. The highest BCUT2D eigenvalue weighted by Crippen LogP contribution is 2.26. The number of hydrogen-bond acceptors (Lipinski definition) is 4. The Bertz CT molecular complexity index is 32.0. The Morgan fingerprint density at radius 1 is 1.50 bits per heavy atom. The summed E-state index contributed by atoms with van der Waals surface area (Å²) in [5.74, 6) is 0. The van der Waals surface area contributed by atoms with Gasteiger partial charge in [-0.3, -0.25) is 0 Å². The van der Waals surface area contributed by atoms with Gasteiger partial charge in [0.1, 0.15) is 0 Å². The molecule has 0 amide bonds. The van der Waals surface area contributed by atoms with Crippen molar-refractivity contribution in [1.82, 2.24) is 0 Å². The molecule has 0 atom stereocenters. The van der Waals surface area contributed by atoms with Gasteiger partial charge >= 0.3 is 0 Å². The lowest BCUT2D eigenvalue weighted by molar-refractivity contribution is 0.488. The number of rotatable bonds is 2. The van der Waals surface area contributed by atoms with Crippen LogP contribution in [-0.2, 0) is 0 Å². The third-order valence-electron chi connectivity index (χ3n) is 0.173. The molecule has 0 saturated carbocycles. The number of hydrogen-bond donors (Lipinski definition) is 3. The van der Waals surface area contributed by atoms with E-state index in [0.717, 1.165) is 0 Å². The molecule has 0 aliphatic carbocycles. The van der Waals surface area contributed by atoms with Gasteiger partial charge in [-0.2, -0.15) is 0 Å². The maximum atomic E-state index is 7.99. The lowest BCUT2D eigenvalue weighted by Gasteiger charge is -1.91. The van der Waals surface area contributed by atoms with Gasteiger partial charge in [-0.1, -0.05) is 0 Å². The quantitative estimate of drug-likeness (QED) is 0.373. The van der Waals surface area contributed by atoms with Crippen molar-refractivity contribution < 1.29 is 14.3 Å². The van der Waals surface area contributed by atoms with Gasteiger partial charge in [-0.25, -0.2) is 0 Å². The smallest absolute Gasteiger partial charge is 0.178 e. The van der Waals surface area contributed by atoms with E-state index < -0.39 is 8.38 Å². The normalized spacial score (nSPS) is 10.0. The molecule has 5 heteroatoms. The highest BCUT2D eigenvalue weighted by Gasteiger charge is 1.92. The molecule has 6 heavy (non-hydrogen) atoms. The van der Waals surface area contributed by atoms with Gasteiger partial charge in [-0.05, 0) is 12.0 Å². The molecule has 38 valence electrons. The average molecular weight is 128 g/mol. The summed E-state index contributed by atoms with van der Waals surface area (Å²) < 4.78 is 7.85. The van der Waals surface area contributed by atoms with Gasteiger partial charge in [0, 0.05) is 0 Å². The second-order valence-electron chi connectivity index (χ2n) is 0.630. The maximum absolute atomic E-state index is 7.99. The molecule has 0 radical (unpaired) electrons. The topological polar surface area (TPSA) is 60.7 Å². The first kappa shape index (κ1) is 6.66. The van der Waals surface area contributed by atoms with Crippen molar-refractivity contribution in [3.8, 4) is 0 Å². The fourth-order valence-electron chi connectivity index (χ4n) is 0.0516. The predicted octanol–water partition coefficient (Wildman–Crippen LogP) is 0.447. The van der Waals surface area contributed by atoms with Crippen LogP contribution in [0.15, 0.2) is 0 Å². The van der Waals surface area contributed by atoms with Crippen LogP contribution >= 0.6 is 20.4 Å². The summed E-state index contributed by atoms with van der Waals surface area (Å²) in [5, 5.41) is 0. The van der Waals surface area contributed by atoms with Gasteiger partial charge in [0.15, 0.2) is 8.38 Å². The molecule has 0 aliphatic rings.